The first-order valence-electron chi connectivity index (χ1n) is 6.13. The van der Waals surface area contributed by atoms with Crippen molar-refractivity contribution in [2.24, 2.45) is 5.73 Å². The van der Waals surface area contributed by atoms with Gasteiger partial charge in [0.1, 0.15) is 5.52 Å². The van der Waals surface area contributed by atoms with Gasteiger partial charge in [-0.1, -0.05) is 0 Å². The predicted molar refractivity (Wildman–Crippen MR) is 69.9 cm³/mol. The number of amidine groups is 1. The minimum atomic E-state index is 0.223. The van der Waals surface area contributed by atoms with Crippen molar-refractivity contribution in [3.8, 4) is 0 Å². The number of nitrogens with zero attached hydrogens (tertiary/aromatic N) is 4. The molecule has 2 aromatic rings. The number of fused-ring (bicyclic) bond motifs is 1. The van der Waals surface area contributed by atoms with Gasteiger partial charge in [0.15, 0.2) is 5.82 Å². The van der Waals surface area contributed by atoms with Gasteiger partial charge in [-0.05, 0) is 18.9 Å². The first kappa shape index (κ1) is 11.0. The van der Waals surface area contributed by atoms with E-state index in [1.165, 1.54) is 12.8 Å². The summed E-state index contributed by atoms with van der Waals surface area (Å²) in [5.41, 5.74) is 6.46. The van der Waals surface area contributed by atoms with Crippen molar-refractivity contribution in [2.75, 3.05) is 11.4 Å². The van der Waals surface area contributed by atoms with Crippen LogP contribution in [0.5, 0.6) is 0 Å². The highest BCUT2D eigenvalue weighted by Gasteiger charge is 2.30. The molecule has 94 valence electrons. The quantitative estimate of drug-likeness (QED) is 0.607. The molecule has 18 heavy (non-hydrogen) atoms. The number of aromatic nitrogens is 3. The summed E-state index contributed by atoms with van der Waals surface area (Å²) in [6, 6.07) is 2.50. The second-order valence-electron chi connectivity index (χ2n) is 4.61. The van der Waals surface area contributed by atoms with E-state index >= 15 is 0 Å². The second kappa shape index (κ2) is 4.29. The molecule has 3 N–H and O–H groups in total. The van der Waals surface area contributed by atoms with E-state index in [2.05, 4.69) is 15.0 Å². The van der Waals surface area contributed by atoms with Crippen molar-refractivity contribution >= 4 is 17.2 Å². The molecule has 0 atom stereocenters. The molecule has 0 amide bonds. The van der Waals surface area contributed by atoms with Gasteiger partial charge in [-0.3, -0.25) is 5.41 Å². The lowest BCUT2D eigenvalue weighted by atomic mass is 10.3. The molecule has 1 aliphatic carbocycles. The van der Waals surface area contributed by atoms with Crippen molar-refractivity contribution in [1.82, 2.24) is 14.6 Å². The highest BCUT2D eigenvalue weighted by molar-refractivity contribution is 5.78. The fourth-order valence-corrected chi connectivity index (χ4v) is 2.15. The fourth-order valence-electron chi connectivity index (χ4n) is 2.15. The predicted octanol–water partition coefficient (Wildman–Crippen LogP) is 1.02. The van der Waals surface area contributed by atoms with Crippen molar-refractivity contribution in [3.05, 3.63) is 24.7 Å². The molecule has 0 saturated heterocycles. The Labute approximate surface area is 105 Å². The molecule has 2 heterocycles. The van der Waals surface area contributed by atoms with E-state index in [1.807, 2.05) is 16.8 Å². The summed E-state index contributed by atoms with van der Waals surface area (Å²) in [4.78, 5) is 6.72. The van der Waals surface area contributed by atoms with E-state index in [1.54, 1.807) is 12.4 Å². The molecular formula is C12H16N6. The van der Waals surface area contributed by atoms with E-state index in [-0.39, 0.29) is 5.84 Å². The lowest BCUT2D eigenvalue weighted by molar-refractivity contribution is 0.778. The zero-order valence-corrected chi connectivity index (χ0v) is 10.1. The zero-order valence-electron chi connectivity index (χ0n) is 10.1. The van der Waals surface area contributed by atoms with E-state index in [9.17, 15) is 0 Å². The van der Waals surface area contributed by atoms with Crippen LogP contribution in [0.2, 0.25) is 0 Å². The first-order valence-corrected chi connectivity index (χ1v) is 6.13. The Hall–Kier alpha value is -2.11. The standard InChI is InChI=1S/C12H16N6/c13-11(14)4-7-17(9-1-2-9)12-10-3-5-16-18(10)8-6-15-12/h3,5-6,8-9H,1-2,4,7H2,(H3,13,14). The minimum absolute atomic E-state index is 0.223. The summed E-state index contributed by atoms with van der Waals surface area (Å²) < 4.78 is 1.82. The molecule has 0 aromatic carbocycles. The lowest BCUT2D eigenvalue weighted by Crippen LogP contribution is -2.31. The molecule has 1 fully saturated rings. The van der Waals surface area contributed by atoms with Crippen LogP contribution < -0.4 is 10.6 Å². The van der Waals surface area contributed by atoms with Crippen LogP contribution in [0.4, 0.5) is 5.82 Å². The van der Waals surface area contributed by atoms with Crippen LogP contribution in [0, 0.1) is 5.41 Å². The third-order valence-corrected chi connectivity index (χ3v) is 3.19. The van der Waals surface area contributed by atoms with Gasteiger partial charge >= 0.3 is 0 Å². The van der Waals surface area contributed by atoms with Crippen molar-refractivity contribution < 1.29 is 0 Å². The Kier molecular flexibility index (Phi) is 2.62. The maximum atomic E-state index is 7.36. The summed E-state index contributed by atoms with van der Waals surface area (Å²) in [6.45, 7) is 0.748. The molecular weight excluding hydrogens is 228 g/mol. The van der Waals surface area contributed by atoms with Crippen molar-refractivity contribution in [2.45, 2.75) is 25.3 Å². The normalized spacial score (nSPS) is 14.9. The van der Waals surface area contributed by atoms with Crippen LogP contribution in [0.3, 0.4) is 0 Å². The molecule has 1 aliphatic rings. The number of anilines is 1. The summed E-state index contributed by atoms with van der Waals surface area (Å²) >= 11 is 0. The zero-order chi connectivity index (χ0) is 12.5. The highest BCUT2D eigenvalue weighted by atomic mass is 15.3. The molecule has 0 bridgehead atoms. The van der Waals surface area contributed by atoms with Crippen molar-refractivity contribution in [3.63, 3.8) is 0 Å². The van der Waals surface area contributed by atoms with Crippen LogP contribution in [-0.2, 0) is 0 Å². The van der Waals surface area contributed by atoms with Crippen LogP contribution in [0.15, 0.2) is 24.7 Å². The molecule has 6 nitrogen and oxygen atoms in total. The Morgan fingerprint density at radius 1 is 1.50 bits per heavy atom. The molecule has 3 rings (SSSR count). The van der Waals surface area contributed by atoms with Gasteiger partial charge in [-0.2, -0.15) is 5.10 Å². The summed E-state index contributed by atoms with van der Waals surface area (Å²) in [7, 11) is 0. The first-order chi connectivity index (χ1) is 8.75. The SMILES string of the molecule is N=C(N)CCN(c1nccn2nccc12)C1CC1. The van der Waals surface area contributed by atoms with E-state index in [0.717, 1.165) is 17.9 Å². The van der Waals surface area contributed by atoms with Gasteiger partial charge in [-0.15, -0.1) is 0 Å². The van der Waals surface area contributed by atoms with Gasteiger partial charge < -0.3 is 10.6 Å². The third-order valence-electron chi connectivity index (χ3n) is 3.19. The molecule has 0 radical (unpaired) electrons. The monoisotopic (exact) mass is 244 g/mol. The minimum Gasteiger partial charge on any atom is -0.388 e. The molecule has 0 spiro atoms. The van der Waals surface area contributed by atoms with Gasteiger partial charge in [0.05, 0.1) is 12.0 Å². The maximum absolute atomic E-state index is 7.36. The summed E-state index contributed by atoms with van der Waals surface area (Å²) in [5.74, 6) is 1.17. The molecule has 6 heteroatoms. The largest absolute Gasteiger partial charge is 0.388 e. The number of hydrogen-bond acceptors (Lipinski definition) is 4. The molecule has 0 aliphatic heterocycles. The van der Waals surface area contributed by atoms with E-state index in [0.29, 0.717) is 12.5 Å². The van der Waals surface area contributed by atoms with Crippen LogP contribution in [0.1, 0.15) is 19.3 Å². The number of hydrogen-bond donors (Lipinski definition) is 2. The van der Waals surface area contributed by atoms with Gasteiger partial charge in [0.25, 0.3) is 0 Å². The smallest absolute Gasteiger partial charge is 0.154 e. The summed E-state index contributed by atoms with van der Waals surface area (Å²) in [5, 5.41) is 11.6. The third kappa shape index (κ3) is 2.01. The van der Waals surface area contributed by atoms with Crippen LogP contribution in [-0.4, -0.2) is 33.0 Å². The Morgan fingerprint density at radius 2 is 2.33 bits per heavy atom. The topological polar surface area (TPSA) is 83.3 Å². The van der Waals surface area contributed by atoms with Gasteiger partial charge in [-0.25, -0.2) is 9.50 Å². The molecule has 2 aromatic heterocycles. The highest BCUT2D eigenvalue weighted by Crippen LogP contribution is 2.32. The Balaban J connectivity index is 1.93. The fraction of sp³-hybridized carbons (Fsp3) is 0.417. The molecule has 0 unspecified atom stereocenters. The molecule has 1 saturated carbocycles. The van der Waals surface area contributed by atoms with Gasteiger partial charge in [0, 0.05) is 31.4 Å². The van der Waals surface area contributed by atoms with E-state index < -0.39 is 0 Å². The number of nitrogens with two attached hydrogens (primary N) is 1. The lowest BCUT2D eigenvalue weighted by Gasteiger charge is -2.23. The van der Waals surface area contributed by atoms with Crippen molar-refractivity contribution in [1.29, 1.82) is 5.41 Å². The Morgan fingerprint density at radius 3 is 3.06 bits per heavy atom. The maximum Gasteiger partial charge on any atom is 0.154 e. The average molecular weight is 244 g/mol. The second-order valence-corrected chi connectivity index (χ2v) is 4.61. The van der Waals surface area contributed by atoms with E-state index in [4.69, 9.17) is 11.1 Å². The average Bonchev–Trinajstić information content (AvgIpc) is 3.06. The van der Waals surface area contributed by atoms with Gasteiger partial charge in [0.2, 0.25) is 0 Å². The van der Waals surface area contributed by atoms with Crippen LogP contribution >= 0.6 is 0 Å². The number of nitrogens with one attached hydrogen (secondary N) is 1. The Bertz CT molecular complexity index is 571. The number of rotatable bonds is 5. The van der Waals surface area contributed by atoms with Crippen LogP contribution in [0.25, 0.3) is 5.52 Å². The summed E-state index contributed by atoms with van der Waals surface area (Å²) in [6.07, 6.45) is 8.33.